The third-order valence-corrected chi connectivity index (χ3v) is 7.39. The minimum absolute atomic E-state index is 0.0514. The lowest BCUT2D eigenvalue weighted by molar-refractivity contribution is -0.923. The molecule has 0 aliphatic carbocycles. The van der Waals surface area contributed by atoms with Crippen molar-refractivity contribution >= 4 is 5.91 Å². The van der Waals surface area contributed by atoms with Crippen molar-refractivity contribution < 1.29 is 9.28 Å². The number of hydrogen-bond acceptors (Lipinski definition) is 2. The topological polar surface area (TPSA) is 41.1 Å². The van der Waals surface area contributed by atoms with E-state index in [-0.39, 0.29) is 12.1 Å². The number of allylic oxidation sites excluding steroid dienone is 2. The van der Waals surface area contributed by atoms with Crippen LogP contribution in [-0.2, 0) is 4.79 Å². The molecule has 0 saturated heterocycles. The third kappa shape index (κ3) is 12.7. The lowest BCUT2D eigenvalue weighted by Gasteiger charge is -2.41. The summed E-state index contributed by atoms with van der Waals surface area (Å²) in [5.74, 6) is 0.0514. The van der Waals surface area contributed by atoms with Gasteiger partial charge in [-0.15, -0.1) is 0 Å². The maximum Gasteiger partial charge on any atom is 0.221 e. The number of unbranched alkanes of at least 4 members (excludes halogenated alkanes) is 14. The summed E-state index contributed by atoms with van der Waals surface area (Å²) in [7, 11) is 0. The summed E-state index contributed by atoms with van der Waals surface area (Å²) in [6.07, 6.45) is 32.6. The number of carbonyl (C=O) groups is 1. The van der Waals surface area contributed by atoms with Crippen molar-refractivity contribution in [2.75, 3.05) is 6.54 Å². The Morgan fingerprint density at radius 3 is 1.91 bits per heavy atom. The van der Waals surface area contributed by atoms with Gasteiger partial charge < -0.3 is 10.6 Å². The molecule has 192 valence electrons. The standard InChI is InChI=1S/C29H55N3O/c1-5-7-8-9-10-11-12-13-14-15-16-17-18-19-20-21-22-23-24-29-30-25-26-32(29,6-2)27(3)31-28(4)33/h15-16,25-27,29-30H,5-14,17-24H2,1-4H3/p+1/b16-15+. The van der Waals surface area contributed by atoms with Crippen LogP contribution in [0.15, 0.2) is 24.6 Å². The maximum absolute atomic E-state index is 11.5. The van der Waals surface area contributed by atoms with Gasteiger partial charge in [0.25, 0.3) is 0 Å². The Labute approximate surface area is 206 Å². The summed E-state index contributed by atoms with van der Waals surface area (Å²) < 4.78 is 0.810. The van der Waals surface area contributed by atoms with Gasteiger partial charge in [0, 0.05) is 20.3 Å². The number of hydrogen-bond donors (Lipinski definition) is 2. The van der Waals surface area contributed by atoms with E-state index in [4.69, 9.17) is 0 Å². The molecule has 1 amide bonds. The van der Waals surface area contributed by atoms with Crippen LogP contribution in [0.25, 0.3) is 0 Å². The van der Waals surface area contributed by atoms with Crippen LogP contribution in [0.3, 0.4) is 0 Å². The zero-order valence-corrected chi connectivity index (χ0v) is 22.5. The van der Waals surface area contributed by atoms with E-state index in [9.17, 15) is 4.79 Å². The van der Waals surface area contributed by atoms with Gasteiger partial charge in [-0.05, 0) is 39.0 Å². The number of rotatable bonds is 21. The Bertz CT molecular complexity index is 545. The molecule has 0 bridgehead atoms. The molecular formula is C29H56N3O+. The largest absolute Gasteiger partial charge is 0.338 e. The van der Waals surface area contributed by atoms with Crippen LogP contribution in [0.1, 0.15) is 137 Å². The van der Waals surface area contributed by atoms with Crippen LogP contribution in [0.4, 0.5) is 0 Å². The smallest absolute Gasteiger partial charge is 0.221 e. The second kappa shape index (κ2) is 19.1. The van der Waals surface area contributed by atoms with Crippen molar-refractivity contribution in [1.29, 1.82) is 0 Å². The third-order valence-electron chi connectivity index (χ3n) is 7.39. The van der Waals surface area contributed by atoms with E-state index in [1.807, 2.05) is 0 Å². The molecule has 0 spiro atoms. The summed E-state index contributed by atoms with van der Waals surface area (Å²) in [5, 5.41) is 6.65. The average molecular weight is 463 g/mol. The molecule has 2 N–H and O–H groups in total. The monoisotopic (exact) mass is 462 g/mol. The van der Waals surface area contributed by atoms with Crippen LogP contribution < -0.4 is 10.6 Å². The fraction of sp³-hybridized carbons (Fsp3) is 0.828. The highest BCUT2D eigenvalue weighted by atomic mass is 16.1. The summed E-state index contributed by atoms with van der Waals surface area (Å²) in [4.78, 5) is 11.5. The molecule has 1 aliphatic rings. The highest BCUT2D eigenvalue weighted by Gasteiger charge is 2.41. The van der Waals surface area contributed by atoms with Gasteiger partial charge in [-0.25, -0.2) is 0 Å². The van der Waals surface area contributed by atoms with Crippen molar-refractivity contribution in [3.63, 3.8) is 0 Å². The van der Waals surface area contributed by atoms with Crippen LogP contribution in [0.2, 0.25) is 0 Å². The van der Waals surface area contributed by atoms with Gasteiger partial charge >= 0.3 is 0 Å². The van der Waals surface area contributed by atoms with Crippen molar-refractivity contribution in [2.45, 2.75) is 149 Å². The molecule has 1 heterocycles. The second-order valence-electron chi connectivity index (χ2n) is 10.1. The molecule has 1 rings (SSSR count). The number of carbonyl (C=O) groups excluding carboxylic acids is 1. The molecule has 4 nitrogen and oxygen atoms in total. The number of amides is 1. The molecule has 0 radical (unpaired) electrons. The Hall–Kier alpha value is -1.29. The van der Waals surface area contributed by atoms with Gasteiger partial charge in [0.05, 0.1) is 12.7 Å². The van der Waals surface area contributed by atoms with Crippen LogP contribution >= 0.6 is 0 Å². The van der Waals surface area contributed by atoms with E-state index in [1.54, 1.807) is 6.92 Å². The summed E-state index contributed by atoms with van der Waals surface area (Å²) >= 11 is 0. The highest BCUT2D eigenvalue weighted by Crippen LogP contribution is 2.26. The summed E-state index contributed by atoms with van der Waals surface area (Å²) in [6, 6.07) is 0. The summed E-state index contributed by atoms with van der Waals surface area (Å²) in [5.41, 5.74) is 0. The molecule has 3 atom stereocenters. The van der Waals surface area contributed by atoms with E-state index in [1.165, 1.54) is 103 Å². The van der Waals surface area contributed by atoms with Crippen molar-refractivity contribution in [1.82, 2.24) is 10.6 Å². The van der Waals surface area contributed by atoms with Gasteiger partial charge in [0.2, 0.25) is 5.91 Å². The fourth-order valence-corrected chi connectivity index (χ4v) is 5.21. The van der Waals surface area contributed by atoms with Crippen molar-refractivity contribution in [2.24, 2.45) is 0 Å². The molecule has 0 aromatic heterocycles. The Kier molecular flexibility index (Phi) is 17.2. The summed E-state index contributed by atoms with van der Waals surface area (Å²) in [6.45, 7) is 9.22. The van der Waals surface area contributed by atoms with Gasteiger partial charge in [0.1, 0.15) is 6.20 Å². The van der Waals surface area contributed by atoms with Gasteiger partial charge in [-0.1, -0.05) is 89.7 Å². The average Bonchev–Trinajstić information content (AvgIpc) is 3.22. The molecule has 0 fully saturated rings. The Balaban J connectivity index is 1.98. The minimum Gasteiger partial charge on any atom is -0.338 e. The zero-order chi connectivity index (χ0) is 24.2. The lowest BCUT2D eigenvalue weighted by Crippen LogP contribution is -2.62. The first-order valence-corrected chi connectivity index (χ1v) is 14.3. The predicted molar refractivity (Wildman–Crippen MR) is 143 cm³/mol. The maximum atomic E-state index is 11.5. The highest BCUT2D eigenvalue weighted by molar-refractivity contribution is 5.72. The Morgan fingerprint density at radius 2 is 1.39 bits per heavy atom. The number of nitrogens with zero attached hydrogens (tertiary/aromatic N) is 1. The van der Waals surface area contributed by atoms with Crippen LogP contribution in [0.5, 0.6) is 0 Å². The van der Waals surface area contributed by atoms with E-state index in [0.29, 0.717) is 6.17 Å². The molecule has 1 aliphatic heterocycles. The van der Waals surface area contributed by atoms with Crippen molar-refractivity contribution in [3.05, 3.63) is 24.6 Å². The second-order valence-corrected chi connectivity index (χ2v) is 10.1. The van der Waals surface area contributed by atoms with Gasteiger partial charge in [-0.2, -0.15) is 0 Å². The van der Waals surface area contributed by atoms with E-state index < -0.39 is 0 Å². The van der Waals surface area contributed by atoms with Crippen LogP contribution in [-0.4, -0.2) is 29.3 Å². The molecule has 33 heavy (non-hydrogen) atoms. The SMILES string of the molecule is CCCCCCCCCC/C=C/CCCCCCCCC1NC=C[N+]1(CC)C(C)NC(C)=O. The number of nitrogens with one attached hydrogen (secondary N) is 2. The van der Waals surface area contributed by atoms with Gasteiger partial charge in [0.15, 0.2) is 12.3 Å². The zero-order valence-electron chi connectivity index (χ0n) is 22.5. The van der Waals surface area contributed by atoms with E-state index >= 15 is 0 Å². The van der Waals surface area contributed by atoms with E-state index in [2.05, 4.69) is 56.0 Å². The quantitative estimate of drug-likeness (QED) is 0.103. The van der Waals surface area contributed by atoms with Crippen LogP contribution in [0, 0.1) is 0 Å². The molecule has 0 aromatic rings. The van der Waals surface area contributed by atoms with E-state index in [0.717, 1.165) is 17.4 Å². The van der Waals surface area contributed by atoms with Gasteiger partial charge in [-0.3, -0.25) is 9.28 Å². The fourth-order valence-electron chi connectivity index (χ4n) is 5.21. The first-order chi connectivity index (χ1) is 16.1. The molecule has 4 heteroatoms. The molecular weight excluding hydrogens is 406 g/mol. The molecule has 0 aromatic carbocycles. The first kappa shape index (κ1) is 29.7. The number of quaternary nitrogens is 1. The Morgan fingerprint density at radius 1 is 0.879 bits per heavy atom. The molecule has 3 unspecified atom stereocenters. The first-order valence-electron chi connectivity index (χ1n) is 14.3. The van der Waals surface area contributed by atoms with Crippen molar-refractivity contribution in [3.8, 4) is 0 Å². The lowest BCUT2D eigenvalue weighted by atomic mass is 10.1. The normalized spacial score (nSPS) is 20.9. The predicted octanol–water partition coefficient (Wildman–Crippen LogP) is 7.91. The molecule has 0 saturated carbocycles. The minimum atomic E-state index is 0.0514.